The zero-order valence-electron chi connectivity index (χ0n) is 10.6. The lowest BCUT2D eigenvalue weighted by molar-refractivity contribution is 0.260. The van der Waals surface area contributed by atoms with Crippen LogP contribution in [0, 0.1) is 5.82 Å². The Kier molecular flexibility index (Phi) is 4.04. The summed E-state index contributed by atoms with van der Waals surface area (Å²) >= 11 is 0. The molecule has 1 aromatic heterocycles. The topological polar surface area (TPSA) is 42.2 Å². The van der Waals surface area contributed by atoms with E-state index in [1.165, 1.54) is 12.1 Å². The molecule has 0 N–H and O–H groups in total. The summed E-state index contributed by atoms with van der Waals surface area (Å²) in [4.78, 5) is 6.24. The first kappa shape index (κ1) is 12.7. The molecule has 0 aliphatic rings. The lowest BCUT2D eigenvalue weighted by Crippen LogP contribution is -2.17. The highest BCUT2D eigenvalue weighted by Crippen LogP contribution is 2.08. The standard InChI is InChI=1S/C13H16FN3O/c1-3-12-15-13(18-16-12)9-17(2)8-10-5-4-6-11(14)7-10/h4-7H,3,8-9H2,1-2H3. The van der Waals surface area contributed by atoms with Crippen LogP contribution in [0.4, 0.5) is 4.39 Å². The van der Waals surface area contributed by atoms with Gasteiger partial charge >= 0.3 is 0 Å². The Hall–Kier alpha value is -1.75. The minimum Gasteiger partial charge on any atom is -0.338 e. The number of aryl methyl sites for hydroxylation is 1. The van der Waals surface area contributed by atoms with Crippen molar-refractivity contribution in [3.05, 3.63) is 47.4 Å². The number of aromatic nitrogens is 2. The van der Waals surface area contributed by atoms with E-state index < -0.39 is 0 Å². The second-order valence-corrected chi connectivity index (χ2v) is 4.26. The Morgan fingerprint density at radius 1 is 1.33 bits per heavy atom. The van der Waals surface area contributed by atoms with Gasteiger partial charge in [-0.05, 0) is 24.7 Å². The molecule has 0 saturated carbocycles. The summed E-state index contributed by atoms with van der Waals surface area (Å²) in [5.74, 6) is 1.09. The van der Waals surface area contributed by atoms with Crippen LogP contribution in [0.3, 0.4) is 0 Å². The first-order chi connectivity index (χ1) is 8.67. The molecule has 0 atom stereocenters. The van der Waals surface area contributed by atoms with Crippen molar-refractivity contribution in [1.29, 1.82) is 0 Å². The van der Waals surface area contributed by atoms with E-state index in [1.807, 2.05) is 24.9 Å². The van der Waals surface area contributed by atoms with E-state index in [9.17, 15) is 4.39 Å². The van der Waals surface area contributed by atoms with Crippen LogP contribution in [-0.4, -0.2) is 22.1 Å². The van der Waals surface area contributed by atoms with Crippen molar-refractivity contribution in [2.24, 2.45) is 0 Å². The highest BCUT2D eigenvalue weighted by molar-refractivity contribution is 5.16. The van der Waals surface area contributed by atoms with Crippen LogP contribution in [0.1, 0.15) is 24.2 Å². The summed E-state index contributed by atoms with van der Waals surface area (Å²) < 4.78 is 18.1. The Morgan fingerprint density at radius 3 is 2.83 bits per heavy atom. The molecular formula is C13H16FN3O. The SMILES string of the molecule is CCc1noc(CN(C)Cc2cccc(F)c2)n1. The number of rotatable bonds is 5. The van der Waals surface area contributed by atoms with Gasteiger partial charge in [0.15, 0.2) is 5.82 Å². The average Bonchev–Trinajstić information content (AvgIpc) is 2.76. The molecule has 0 spiro atoms. The zero-order valence-corrected chi connectivity index (χ0v) is 10.6. The monoisotopic (exact) mass is 249 g/mol. The molecule has 0 aliphatic carbocycles. The van der Waals surface area contributed by atoms with E-state index in [4.69, 9.17) is 4.52 Å². The molecule has 0 radical (unpaired) electrons. The van der Waals surface area contributed by atoms with Crippen molar-refractivity contribution in [2.75, 3.05) is 7.05 Å². The predicted octanol–water partition coefficient (Wildman–Crippen LogP) is 2.40. The summed E-state index contributed by atoms with van der Waals surface area (Å²) in [6.07, 6.45) is 0.761. The summed E-state index contributed by atoms with van der Waals surface area (Å²) in [5, 5.41) is 3.84. The highest BCUT2D eigenvalue weighted by Gasteiger charge is 2.08. The third-order valence-corrected chi connectivity index (χ3v) is 2.57. The average molecular weight is 249 g/mol. The minimum absolute atomic E-state index is 0.216. The van der Waals surface area contributed by atoms with Gasteiger partial charge in [0.25, 0.3) is 0 Å². The Bertz CT molecular complexity index is 512. The van der Waals surface area contributed by atoms with Gasteiger partial charge < -0.3 is 4.52 Å². The lowest BCUT2D eigenvalue weighted by Gasteiger charge is -2.13. The molecule has 18 heavy (non-hydrogen) atoms. The maximum Gasteiger partial charge on any atom is 0.240 e. The first-order valence-electron chi connectivity index (χ1n) is 5.92. The van der Waals surface area contributed by atoms with E-state index in [0.717, 1.165) is 12.0 Å². The molecule has 96 valence electrons. The van der Waals surface area contributed by atoms with E-state index >= 15 is 0 Å². The first-order valence-corrected chi connectivity index (χ1v) is 5.92. The molecule has 0 unspecified atom stereocenters. The van der Waals surface area contributed by atoms with Crippen molar-refractivity contribution in [2.45, 2.75) is 26.4 Å². The van der Waals surface area contributed by atoms with Crippen molar-refractivity contribution in [3.63, 3.8) is 0 Å². The third-order valence-electron chi connectivity index (χ3n) is 2.57. The molecule has 0 amide bonds. The number of halogens is 1. The van der Waals surface area contributed by atoms with Crippen molar-refractivity contribution < 1.29 is 8.91 Å². The maximum atomic E-state index is 13.0. The fraction of sp³-hybridized carbons (Fsp3) is 0.385. The summed E-state index contributed by atoms with van der Waals surface area (Å²) in [7, 11) is 1.93. The second-order valence-electron chi connectivity index (χ2n) is 4.26. The van der Waals surface area contributed by atoms with Gasteiger partial charge in [0.1, 0.15) is 5.82 Å². The van der Waals surface area contributed by atoms with Crippen LogP contribution >= 0.6 is 0 Å². The second kappa shape index (κ2) is 5.73. The van der Waals surface area contributed by atoms with Crippen LogP contribution in [0.5, 0.6) is 0 Å². The Balaban J connectivity index is 1.94. The van der Waals surface area contributed by atoms with Crippen LogP contribution in [0.25, 0.3) is 0 Å². The molecule has 0 bridgehead atoms. The molecular weight excluding hydrogens is 233 g/mol. The Morgan fingerprint density at radius 2 is 2.17 bits per heavy atom. The molecule has 2 rings (SSSR count). The predicted molar refractivity (Wildman–Crippen MR) is 65.2 cm³/mol. The molecule has 4 nitrogen and oxygen atoms in total. The summed E-state index contributed by atoms with van der Waals surface area (Å²) in [6, 6.07) is 6.57. The number of benzene rings is 1. The van der Waals surface area contributed by atoms with E-state index in [-0.39, 0.29) is 5.82 Å². The molecule has 1 aromatic carbocycles. The van der Waals surface area contributed by atoms with Crippen LogP contribution in [0.15, 0.2) is 28.8 Å². The third kappa shape index (κ3) is 3.37. The fourth-order valence-corrected chi connectivity index (χ4v) is 1.73. The van der Waals surface area contributed by atoms with Gasteiger partial charge in [0.05, 0.1) is 6.54 Å². The smallest absolute Gasteiger partial charge is 0.240 e. The number of nitrogens with zero attached hydrogens (tertiary/aromatic N) is 3. The quantitative estimate of drug-likeness (QED) is 0.816. The van der Waals surface area contributed by atoms with Gasteiger partial charge in [-0.25, -0.2) is 4.39 Å². The van der Waals surface area contributed by atoms with E-state index in [2.05, 4.69) is 10.1 Å². The van der Waals surface area contributed by atoms with Gasteiger partial charge in [-0.15, -0.1) is 0 Å². The highest BCUT2D eigenvalue weighted by atomic mass is 19.1. The van der Waals surface area contributed by atoms with Gasteiger partial charge in [0, 0.05) is 13.0 Å². The van der Waals surface area contributed by atoms with Gasteiger partial charge in [0.2, 0.25) is 5.89 Å². The number of hydrogen-bond donors (Lipinski definition) is 0. The van der Waals surface area contributed by atoms with Crippen molar-refractivity contribution >= 4 is 0 Å². The summed E-state index contributed by atoms with van der Waals surface area (Å²) in [5.41, 5.74) is 0.924. The largest absolute Gasteiger partial charge is 0.338 e. The van der Waals surface area contributed by atoms with Crippen molar-refractivity contribution in [1.82, 2.24) is 15.0 Å². The van der Waals surface area contributed by atoms with Gasteiger partial charge in [-0.1, -0.05) is 24.2 Å². The van der Waals surface area contributed by atoms with Crippen LogP contribution < -0.4 is 0 Å². The molecule has 0 fully saturated rings. The molecule has 0 aliphatic heterocycles. The molecule has 1 heterocycles. The minimum atomic E-state index is -0.216. The molecule has 2 aromatic rings. The van der Waals surface area contributed by atoms with E-state index in [1.54, 1.807) is 6.07 Å². The van der Waals surface area contributed by atoms with Crippen LogP contribution in [-0.2, 0) is 19.5 Å². The Labute approximate surface area is 105 Å². The van der Waals surface area contributed by atoms with E-state index in [0.29, 0.717) is 24.8 Å². The normalized spacial score (nSPS) is 11.1. The molecule has 0 saturated heterocycles. The number of hydrogen-bond acceptors (Lipinski definition) is 4. The van der Waals surface area contributed by atoms with Crippen LogP contribution in [0.2, 0.25) is 0 Å². The fourth-order valence-electron chi connectivity index (χ4n) is 1.73. The van der Waals surface area contributed by atoms with Crippen molar-refractivity contribution in [3.8, 4) is 0 Å². The lowest BCUT2D eigenvalue weighted by atomic mass is 10.2. The molecule has 5 heteroatoms. The maximum absolute atomic E-state index is 13.0. The van der Waals surface area contributed by atoms with Gasteiger partial charge in [-0.2, -0.15) is 4.98 Å². The zero-order chi connectivity index (χ0) is 13.0. The van der Waals surface area contributed by atoms with Gasteiger partial charge in [-0.3, -0.25) is 4.90 Å². The summed E-state index contributed by atoms with van der Waals surface area (Å²) in [6.45, 7) is 3.18.